The van der Waals surface area contributed by atoms with Crippen molar-refractivity contribution >= 4 is 11.9 Å². The van der Waals surface area contributed by atoms with E-state index in [1.54, 1.807) is 13.8 Å². The molecule has 2 heterocycles. The molecular formula is C18H30O11. The standard InChI is InChI=1S/C18H30O11/c1-7(2)25-17-15(13(23)11(21)6-24-17)29-18-16(28-10(5)20)14(27-9(4)19)12(22)8(3)26-18/h7-8,11-18,21-23H,6H2,1-5H3/t8-,11-,12-,13-,14+,15+,16+,17-,18-/m0/s1. The molecule has 0 aromatic heterocycles. The average molecular weight is 422 g/mol. The minimum Gasteiger partial charge on any atom is -0.455 e. The molecule has 0 spiro atoms. The van der Waals surface area contributed by atoms with Crippen molar-refractivity contribution in [3.05, 3.63) is 0 Å². The summed E-state index contributed by atoms with van der Waals surface area (Å²) in [5.74, 6) is -1.42. The van der Waals surface area contributed by atoms with Crippen LogP contribution in [0.1, 0.15) is 34.6 Å². The fraction of sp³-hybridized carbons (Fsp3) is 0.889. The second-order valence-electron chi connectivity index (χ2n) is 7.39. The summed E-state index contributed by atoms with van der Waals surface area (Å²) in [5, 5.41) is 30.7. The molecule has 2 fully saturated rings. The van der Waals surface area contributed by atoms with Crippen molar-refractivity contribution in [1.82, 2.24) is 0 Å². The molecular weight excluding hydrogens is 392 g/mol. The van der Waals surface area contributed by atoms with Crippen LogP contribution in [-0.4, -0.2) is 95.3 Å². The SMILES string of the molecule is CC(=O)O[C@@H]1[C@@H](O)[C@H](C)O[C@@H](O[C@H]2[C@H](OC(C)C)OC[C@H](O)[C@@H]2O)[C@@H]1OC(C)=O. The molecule has 168 valence electrons. The second kappa shape index (κ2) is 10.1. The Morgan fingerprint density at radius 2 is 1.52 bits per heavy atom. The third kappa shape index (κ3) is 6.07. The van der Waals surface area contributed by atoms with Crippen molar-refractivity contribution in [2.75, 3.05) is 6.61 Å². The summed E-state index contributed by atoms with van der Waals surface area (Å²) in [6, 6.07) is 0. The Balaban J connectivity index is 2.28. The average Bonchev–Trinajstić information content (AvgIpc) is 2.60. The van der Waals surface area contributed by atoms with Crippen LogP contribution >= 0.6 is 0 Å². The van der Waals surface area contributed by atoms with Gasteiger partial charge in [-0.1, -0.05) is 0 Å². The maximum Gasteiger partial charge on any atom is 0.303 e. The Hall–Kier alpha value is -1.34. The number of hydrogen-bond donors (Lipinski definition) is 3. The summed E-state index contributed by atoms with van der Waals surface area (Å²) < 4.78 is 32.8. The number of hydrogen-bond acceptors (Lipinski definition) is 11. The number of aliphatic hydroxyl groups is 3. The van der Waals surface area contributed by atoms with Gasteiger partial charge in [0.15, 0.2) is 24.8 Å². The Bertz CT molecular complexity index is 568. The lowest BCUT2D eigenvalue weighted by Crippen LogP contribution is -2.63. The monoisotopic (exact) mass is 422 g/mol. The van der Waals surface area contributed by atoms with Crippen LogP contribution in [0.2, 0.25) is 0 Å². The van der Waals surface area contributed by atoms with Crippen LogP contribution in [0.25, 0.3) is 0 Å². The topological polar surface area (TPSA) is 150 Å². The van der Waals surface area contributed by atoms with E-state index in [2.05, 4.69) is 0 Å². The van der Waals surface area contributed by atoms with E-state index in [9.17, 15) is 24.9 Å². The maximum absolute atomic E-state index is 11.6. The first-order valence-electron chi connectivity index (χ1n) is 9.47. The van der Waals surface area contributed by atoms with Crippen LogP contribution in [0, 0.1) is 0 Å². The number of carbonyl (C=O) groups is 2. The van der Waals surface area contributed by atoms with E-state index >= 15 is 0 Å². The molecule has 0 bridgehead atoms. The lowest BCUT2D eigenvalue weighted by atomic mass is 9.98. The zero-order valence-electron chi connectivity index (χ0n) is 17.1. The quantitative estimate of drug-likeness (QED) is 0.445. The van der Waals surface area contributed by atoms with Crippen molar-refractivity contribution in [2.45, 2.75) is 96.0 Å². The van der Waals surface area contributed by atoms with Gasteiger partial charge in [0.05, 0.1) is 18.8 Å². The molecule has 29 heavy (non-hydrogen) atoms. The fourth-order valence-corrected chi connectivity index (χ4v) is 3.19. The lowest BCUT2D eigenvalue weighted by Gasteiger charge is -2.45. The normalized spacial score (nSPS) is 40.5. The zero-order chi connectivity index (χ0) is 21.9. The molecule has 0 aromatic carbocycles. The minimum atomic E-state index is -1.39. The Morgan fingerprint density at radius 3 is 2.07 bits per heavy atom. The molecule has 0 aliphatic carbocycles. The van der Waals surface area contributed by atoms with Crippen LogP contribution < -0.4 is 0 Å². The number of ether oxygens (including phenoxy) is 6. The predicted octanol–water partition coefficient (Wildman–Crippen LogP) is -1.16. The van der Waals surface area contributed by atoms with E-state index in [4.69, 9.17) is 28.4 Å². The van der Waals surface area contributed by atoms with Crippen molar-refractivity contribution in [3.63, 3.8) is 0 Å². The molecule has 2 aliphatic heterocycles. The molecule has 0 radical (unpaired) electrons. The van der Waals surface area contributed by atoms with Gasteiger partial charge >= 0.3 is 11.9 Å². The van der Waals surface area contributed by atoms with Crippen LogP contribution in [0.4, 0.5) is 0 Å². The van der Waals surface area contributed by atoms with E-state index in [1.807, 2.05) is 0 Å². The first-order chi connectivity index (χ1) is 13.5. The van der Waals surface area contributed by atoms with Gasteiger partial charge in [0.25, 0.3) is 0 Å². The van der Waals surface area contributed by atoms with Gasteiger partial charge in [-0.05, 0) is 20.8 Å². The first-order valence-corrected chi connectivity index (χ1v) is 9.47. The zero-order valence-corrected chi connectivity index (χ0v) is 17.1. The van der Waals surface area contributed by atoms with E-state index in [0.29, 0.717) is 0 Å². The molecule has 0 saturated carbocycles. The third-order valence-electron chi connectivity index (χ3n) is 4.49. The third-order valence-corrected chi connectivity index (χ3v) is 4.49. The maximum atomic E-state index is 11.6. The Labute approximate surface area is 168 Å². The van der Waals surface area contributed by atoms with Gasteiger partial charge in [-0.2, -0.15) is 0 Å². The molecule has 2 saturated heterocycles. The largest absolute Gasteiger partial charge is 0.455 e. The van der Waals surface area contributed by atoms with Gasteiger partial charge < -0.3 is 43.7 Å². The first kappa shape index (κ1) is 23.9. The van der Waals surface area contributed by atoms with Gasteiger partial charge in [-0.15, -0.1) is 0 Å². The highest BCUT2D eigenvalue weighted by atomic mass is 16.8. The lowest BCUT2D eigenvalue weighted by molar-refractivity contribution is -0.357. The van der Waals surface area contributed by atoms with E-state index in [-0.39, 0.29) is 12.7 Å². The van der Waals surface area contributed by atoms with Gasteiger partial charge in [0, 0.05) is 13.8 Å². The summed E-state index contributed by atoms with van der Waals surface area (Å²) in [5.41, 5.74) is 0. The molecule has 0 aromatic rings. The Morgan fingerprint density at radius 1 is 0.931 bits per heavy atom. The minimum absolute atomic E-state index is 0.164. The van der Waals surface area contributed by atoms with Crippen LogP contribution in [0.15, 0.2) is 0 Å². The van der Waals surface area contributed by atoms with E-state index in [0.717, 1.165) is 13.8 Å². The van der Waals surface area contributed by atoms with Crippen molar-refractivity contribution < 1.29 is 53.3 Å². The summed E-state index contributed by atoms with van der Waals surface area (Å²) >= 11 is 0. The smallest absolute Gasteiger partial charge is 0.303 e. The van der Waals surface area contributed by atoms with E-state index in [1.165, 1.54) is 6.92 Å². The summed E-state index contributed by atoms with van der Waals surface area (Å²) in [7, 11) is 0. The molecule has 11 heteroatoms. The van der Waals surface area contributed by atoms with Crippen molar-refractivity contribution in [1.29, 1.82) is 0 Å². The van der Waals surface area contributed by atoms with Gasteiger partial charge in [0.1, 0.15) is 24.4 Å². The number of rotatable bonds is 6. The highest BCUT2D eigenvalue weighted by Gasteiger charge is 2.51. The van der Waals surface area contributed by atoms with Gasteiger partial charge in [0.2, 0.25) is 0 Å². The molecule has 11 nitrogen and oxygen atoms in total. The van der Waals surface area contributed by atoms with Crippen molar-refractivity contribution in [2.24, 2.45) is 0 Å². The van der Waals surface area contributed by atoms with E-state index < -0.39 is 67.2 Å². The summed E-state index contributed by atoms with van der Waals surface area (Å²) in [6.07, 6.45) is -11.2. The van der Waals surface area contributed by atoms with Crippen LogP contribution in [-0.2, 0) is 38.0 Å². The molecule has 2 aliphatic rings. The fourth-order valence-electron chi connectivity index (χ4n) is 3.19. The van der Waals surface area contributed by atoms with Crippen LogP contribution in [0.3, 0.4) is 0 Å². The molecule has 9 atom stereocenters. The Kier molecular flexibility index (Phi) is 8.35. The molecule has 3 N–H and O–H groups in total. The molecule has 2 rings (SSSR count). The van der Waals surface area contributed by atoms with Crippen molar-refractivity contribution in [3.8, 4) is 0 Å². The highest BCUT2D eigenvalue weighted by Crippen LogP contribution is 2.31. The van der Waals surface area contributed by atoms with Crippen LogP contribution in [0.5, 0.6) is 0 Å². The second-order valence-corrected chi connectivity index (χ2v) is 7.39. The number of esters is 2. The summed E-state index contributed by atoms with van der Waals surface area (Å²) in [6.45, 7) is 7.15. The molecule has 0 unspecified atom stereocenters. The van der Waals surface area contributed by atoms with Gasteiger partial charge in [-0.3, -0.25) is 9.59 Å². The highest BCUT2D eigenvalue weighted by molar-refractivity contribution is 5.67. The molecule has 0 amide bonds. The summed E-state index contributed by atoms with van der Waals surface area (Å²) in [4.78, 5) is 23.1. The number of carbonyl (C=O) groups excluding carboxylic acids is 2. The number of aliphatic hydroxyl groups excluding tert-OH is 3. The predicted molar refractivity (Wildman–Crippen MR) is 94.3 cm³/mol. The van der Waals surface area contributed by atoms with Gasteiger partial charge in [-0.25, -0.2) is 0 Å².